The third kappa shape index (κ3) is 4.88. The summed E-state index contributed by atoms with van der Waals surface area (Å²) in [6, 6.07) is 13.2. The quantitative estimate of drug-likeness (QED) is 0.756. The molecule has 3 rings (SSSR count). The van der Waals surface area contributed by atoms with Crippen LogP contribution in [-0.2, 0) is 20.7 Å². The van der Waals surface area contributed by atoms with Crippen LogP contribution in [0.25, 0.3) is 0 Å². The molecule has 0 radical (unpaired) electrons. The van der Waals surface area contributed by atoms with Crippen LogP contribution in [0.5, 0.6) is 0 Å². The first-order valence-electron chi connectivity index (χ1n) is 8.99. The topological polar surface area (TPSA) is 96.5 Å². The van der Waals surface area contributed by atoms with Crippen LogP contribution in [-0.4, -0.2) is 23.5 Å². The monoisotopic (exact) mass is 381 g/mol. The molecule has 3 amide bonds. The average molecular weight is 381 g/mol. The van der Waals surface area contributed by atoms with E-state index in [1.165, 1.54) is 0 Å². The minimum Gasteiger partial charge on any atom is -0.444 e. The van der Waals surface area contributed by atoms with E-state index < -0.39 is 23.6 Å². The van der Waals surface area contributed by atoms with E-state index in [0.717, 1.165) is 11.3 Å². The molecule has 1 heterocycles. The molecule has 0 aromatic heterocycles. The molecule has 3 N–H and O–H groups in total. The normalized spacial score (nSPS) is 13.9. The van der Waals surface area contributed by atoms with Crippen molar-refractivity contribution in [3.63, 3.8) is 0 Å². The average Bonchev–Trinajstić information content (AvgIpc) is 2.98. The van der Waals surface area contributed by atoms with Crippen molar-refractivity contribution in [2.24, 2.45) is 0 Å². The van der Waals surface area contributed by atoms with Crippen LogP contribution in [0, 0.1) is 0 Å². The minimum atomic E-state index is -0.927. The van der Waals surface area contributed by atoms with Crippen molar-refractivity contribution >= 4 is 29.3 Å². The third-order valence-corrected chi connectivity index (χ3v) is 4.05. The van der Waals surface area contributed by atoms with Crippen molar-refractivity contribution in [3.05, 3.63) is 59.7 Å². The molecular formula is C21H23N3O4. The van der Waals surface area contributed by atoms with E-state index in [4.69, 9.17) is 4.74 Å². The number of fused-ring (bicyclic) bond motifs is 1. The van der Waals surface area contributed by atoms with Crippen molar-refractivity contribution in [3.8, 4) is 0 Å². The maximum absolute atomic E-state index is 12.9. The summed E-state index contributed by atoms with van der Waals surface area (Å²) in [5.41, 5.74) is 2.06. The maximum Gasteiger partial charge on any atom is 0.408 e. The van der Waals surface area contributed by atoms with Gasteiger partial charge >= 0.3 is 6.09 Å². The molecule has 7 heteroatoms. The Hall–Kier alpha value is -3.35. The summed E-state index contributed by atoms with van der Waals surface area (Å²) in [6.45, 7) is 5.26. The zero-order valence-electron chi connectivity index (χ0n) is 16.0. The van der Waals surface area contributed by atoms with Gasteiger partial charge in [-0.15, -0.1) is 0 Å². The number of alkyl carbamates (subject to hydrolysis) is 1. The van der Waals surface area contributed by atoms with Crippen molar-refractivity contribution in [2.75, 3.05) is 10.6 Å². The Morgan fingerprint density at radius 2 is 1.82 bits per heavy atom. The molecule has 2 aromatic carbocycles. The fourth-order valence-electron chi connectivity index (χ4n) is 2.89. The summed E-state index contributed by atoms with van der Waals surface area (Å²) in [7, 11) is 0. The highest BCUT2D eigenvalue weighted by molar-refractivity contribution is 6.01. The SMILES string of the molecule is CC(C)(C)OC(=O)N[C@@H](C(=O)Nc1ccc2c(c1)CC(=O)N2)c1ccccc1. The number of nitrogens with one attached hydrogen (secondary N) is 3. The highest BCUT2D eigenvalue weighted by Crippen LogP contribution is 2.26. The first-order valence-corrected chi connectivity index (χ1v) is 8.99. The number of hydrogen-bond acceptors (Lipinski definition) is 4. The minimum absolute atomic E-state index is 0.0766. The first-order chi connectivity index (χ1) is 13.2. The van der Waals surface area contributed by atoms with Gasteiger partial charge in [0.2, 0.25) is 5.91 Å². The van der Waals surface area contributed by atoms with Gasteiger partial charge in [-0.05, 0) is 50.1 Å². The standard InChI is InChI=1S/C21H23N3O4/c1-21(2,3)28-20(27)24-18(13-7-5-4-6-8-13)19(26)22-15-9-10-16-14(11-15)12-17(25)23-16/h4-11,18H,12H2,1-3H3,(H,22,26)(H,23,25)(H,24,27)/t18-/m1/s1. The molecule has 0 unspecified atom stereocenters. The summed E-state index contributed by atoms with van der Waals surface area (Å²) in [6.07, 6.45) is -0.405. The Morgan fingerprint density at radius 1 is 1.11 bits per heavy atom. The molecule has 0 aliphatic carbocycles. The smallest absolute Gasteiger partial charge is 0.408 e. The fourth-order valence-corrected chi connectivity index (χ4v) is 2.89. The highest BCUT2D eigenvalue weighted by atomic mass is 16.6. The van der Waals surface area contributed by atoms with E-state index in [9.17, 15) is 14.4 Å². The van der Waals surface area contributed by atoms with Gasteiger partial charge in [0.15, 0.2) is 0 Å². The van der Waals surface area contributed by atoms with Gasteiger partial charge in [0, 0.05) is 11.4 Å². The van der Waals surface area contributed by atoms with E-state index in [2.05, 4.69) is 16.0 Å². The van der Waals surface area contributed by atoms with Gasteiger partial charge in [0.1, 0.15) is 11.6 Å². The zero-order chi connectivity index (χ0) is 20.3. The number of carbonyl (C=O) groups is 3. The lowest BCUT2D eigenvalue weighted by Crippen LogP contribution is -2.40. The van der Waals surface area contributed by atoms with Gasteiger partial charge in [-0.25, -0.2) is 4.79 Å². The molecule has 146 valence electrons. The van der Waals surface area contributed by atoms with E-state index in [1.54, 1.807) is 63.2 Å². The summed E-state index contributed by atoms with van der Waals surface area (Å²) in [4.78, 5) is 36.6. The lowest BCUT2D eigenvalue weighted by Gasteiger charge is -2.23. The summed E-state index contributed by atoms with van der Waals surface area (Å²) in [5.74, 6) is -0.485. The second kappa shape index (κ2) is 7.72. The van der Waals surface area contributed by atoms with Crippen LogP contribution >= 0.6 is 0 Å². The van der Waals surface area contributed by atoms with Crippen LogP contribution in [0.15, 0.2) is 48.5 Å². The summed E-state index contributed by atoms with van der Waals surface area (Å²) >= 11 is 0. The van der Waals surface area contributed by atoms with Crippen molar-refractivity contribution in [1.29, 1.82) is 0 Å². The lowest BCUT2D eigenvalue weighted by molar-refractivity contribution is -0.118. The Bertz CT molecular complexity index is 904. The van der Waals surface area contributed by atoms with Gasteiger partial charge in [-0.2, -0.15) is 0 Å². The van der Waals surface area contributed by atoms with Crippen LogP contribution in [0.3, 0.4) is 0 Å². The number of amides is 3. The molecule has 0 saturated carbocycles. The largest absolute Gasteiger partial charge is 0.444 e. The second-order valence-corrected chi connectivity index (χ2v) is 7.58. The van der Waals surface area contributed by atoms with Crippen LogP contribution < -0.4 is 16.0 Å². The molecule has 7 nitrogen and oxygen atoms in total. The maximum atomic E-state index is 12.9. The summed E-state index contributed by atoms with van der Waals surface area (Å²) < 4.78 is 5.29. The van der Waals surface area contributed by atoms with Crippen molar-refractivity contribution in [2.45, 2.75) is 38.8 Å². The number of rotatable bonds is 4. The number of carbonyl (C=O) groups excluding carboxylic acids is 3. The Morgan fingerprint density at radius 3 is 2.50 bits per heavy atom. The molecule has 28 heavy (non-hydrogen) atoms. The predicted octanol–water partition coefficient (Wildman–Crippen LogP) is 3.39. The van der Waals surface area contributed by atoms with E-state index in [-0.39, 0.29) is 12.3 Å². The molecule has 1 aliphatic rings. The Kier molecular flexibility index (Phi) is 5.35. The Labute approximate surface area is 163 Å². The van der Waals surface area contributed by atoms with Gasteiger partial charge in [-0.1, -0.05) is 30.3 Å². The van der Waals surface area contributed by atoms with Crippen molar-refractivity contribution < 1.29 is 19.1 Å². The predicted molar refractivity (Wildman–Crippen MR) is 106 cm³/mol. The third-order valence-electron chi connectivity index (χ3n) is 4.05. The van der Waals surface area contributed by atoms with E-state index in [1.807, 2.05) is 6.07 Å². The number of hydrogen-bond donors (Lipinski definition) is 3. The van der Waals surface area contributed by atoms with Gasteiger partial charge in [0.25, 0.3) is 5.91 Å². The zero-order valence-corrected chi connectivity index (χ0v) is 16.0. The van der Waals surface area contributed by atoms with Gasteiger partial charge in [0.05, 0.1) is 6.42 Å². The highest BCUT2D eigenvalue weighted by Gasteiger charge is 2.26. The van der Waals surface area contributed by atoms with Gasteiger partial charge in [-0.3, -0.25) is 9.59 Å². The molecule has 2 aromatic rings. The van der Waals surface area contributed by atoms with Crippen molar-refractivity contribution in [1.82, 2.24) is 5.32 Å². The molecule has 1 aliphatic heterocycles. The van der Waals surface area contributed by atoms with Gasteiger partial charge < -0.3 is 20.7 Å². The van der Waals surface area contributed by atoms with Crippen LogP contribution in [0.4, 0.5) is 16.2 Å². The van der Waals surface area contributed by atoms with E-state index >= 15 is 0 Å². The second-order valence-electron chi connectivity index (χ2n) is 7.58. The lowest BCUT2D eigenvalue weighted by atomic mass is 10.1. The molecular weight excluding hydrogens is 358 g/mol. The molecule has 0 fully saturated rings. The van der Waals surface area contributed by atoms with Crippen LogP contribution in [0.1, 0.15) is 37.9 Å². The number of ether oxygens (including phenoxy) is 1. The number of benzene rings is 2. The number of anilines is 2. The first kappa shape index (κ1) is 19.4. The molecule has 0 spiro atoms. The molecule has 1 atom stereocenters. The molecule has 0 saturated heterocycles. The van der Waals surface area contributed by atoms with Crippen LogP contribution in [0.2, 0.25) is 0 Å². The van der Waals surface area contributed by atoms with E-state index in [0.29, 0.717) is 11.3 Å². The fraction of sp³-hybridized carbons (Fsp3) is 0.286. The summed E-state index contributed by atoms with van der Waals surface area (Å²) in [5, 5.41) is 8.18. The Balaban J connectivity index is 1.78. The molecule has 0 bridgehead atoms.